The Bertz CT molecular complexity index is 1140. The summed E-state index contributed by atoms with van der Waals surface area (Å²) < 4.78 is 2.18. The maximum absolute atomic E-state index is 12.6. The standard InChI is InChI=1S/C23H23ClN6OS/c1-15-5-2-3-7-20(15)30-22(17-6-4-10-26-13-17)28-29-23(30)32-14-21(31)27-19-11-18(24)9-8-16(19)12-25/h4,6,8-11,13,15,20H,2-3,5,7,14H2,1H3,(H,27,31)/t15-,20+/m0/s1. The van der Waals surface area contributed by atoms with Crippen LogP contribution in [0.2, 0.25) is 5.02 Å². The van der Waals surface area contributed by atoms with Crippen LogP contribution in [0.25, 0.3) is 11.4 Å². The molecule has 164 valence electrons. The van der Waals surface area contributed by atoms with Crippen molar-refractivity contribution in [1.29, 1.82) is 5.26 Å². The molecule has 0 radical (unpaired) electrons. The smallest absolute Gasteiger partial charge is 0.234 e. The third kappa shape index (κ3) is 4.95. The van der Waals surface area contributed by atoms with Crippen LogP contribution in [-0.2, 0) is 4.79 Å². The predicted molar refractivity (Wildman–Crippen MR) is 125 cm³/mol. The van der Waals surface area contributed by atoms with Gasteiger partial charge in [-0.1, -0.05) is 43.1 Å². The summed E-state index contributed by atoms with van der Waals surface area (Å²) in [4.78, 5) is 16.9. The average molecular weight is 467 g/mol. The molecule has 0 saturated heterocycles. The monoisotopic (exact) mass is 466 g/mol. The van der Waals surface area contributed by atoms with Crippen molar-refractivity contribution in [3.05, 3.63) is 53.3 Å². The van der Waals surface area contributed by atoms with Gasteiger partial charge in [-0.05, 0) is 49.1 Å². The molecule has 3 aromatic rings. The minimum Gasteiger partial charge on any atom is -0.324 e. The zero-order valence-electron chi connectivity index (χ0n) is 17.7. The number of pyridine rings is 1. The van der Waals surface area contributed by atoms with Crippen LogP contribution in [0.5, 0.6) is 0 Å². The number of benzene rings is 1. The lowest BCUT2D eigenvalue weighted by molar-refractivity contribution is -0.113. The number of thioether (sulfide) groups is 1. The van der Waals surface area contributed by atoms with Crippen molar-refractivity contribution in [2.75, 3.05) is 11.1 Å². The molecule has 0 unspecified atom stereocenters. The van der Waals surface area contributed by atoms with E-state index < -0.39 is 0 Å². The molecule has 0 aliphatic heterocycles. The van der Waals surface area contributed by atoms with Gasteiger partial charge < -0.3 is 5.32 Å². The zero-order chi connectivity index (χ0) is 22.5. The van der Waals surface area contributed by atoms with Gasteiger partial charge in [0.05, 0.1) is 17.0 Å². The van der Waals surface area contributed by atoms with Crippen LogP contribution < -0.4 is 5.32 Å². The number of nitrogens with zero attached hydrogens (tertiary/aromatic N) is 5. The molecule has 1 aliphatic rings. The molecule has 0 spiro atoms. The molecule has 2 heterocycles. The zero-order valence-corrected chi connectivity index (χ0v) is 19.2. The molecule has 9 heteroatoms. The number of nitriles is 1. The average Bonchev–Trinajstić information content (AvgIpc) is 3.22. The SMILES string of the molecule is C[C@H]1CCCC[C@H]1n1c(SCC(=O)Nc2cc(Cl)ccc2C#N)nnc1-c1cccnc1. The van der Waals surface area contributed by atoms with E-state index in [4.69, 9.17) is 11.6 Å². The highest BCUT2D eigenvalue weighted by molar-refractivity contribution is 7.99. The number of amides is 1. The van der Waals surface area contributed by atoms with Crippen molar-refractivity contribution >= 4 is 35.0 Å². The Morgan fingerprint density at radius 1 is 1.31 bits per heavy atom. The van der Waals surface area contributed by atoms with Crippen molar-refractivity contribution < 1.29 is 4.79 Å². The first-order valence-electron chi connectivity index (χ1n) is 10.5. The second kappa shape index (κ2) is 10.2. The third-order valence-electron chi connectivity index (χ3n) is 5.69. The van der Waals surface area contributed by atoms with Crippen LogP contribution in [0.3, 0.4) is 0 Å². The second-order valence-electron chi connectivity index (χ2n) is 7.89. The maximum atomic E-state index is 12.6. The van der Waals surface area contributed by atoms with Crippen molar-refractivity contribution in [2.45, 2.75) is 43.8 Å². The summed E-state index contributed by atoms with van der Waals surface area (Å²) >= 11 is 7.36. The lowest BCUT2D eigenvalue weighted by atomic mass is 9.85. The summed E-state index contributed by atoms with van der Waals surface area (Å²) in [5.74, 6) is 1.18. The highest BCUT2D eigenvalue weighted by Gasteiger charge is 2.29. The highest BCUT2D eigenvalue weighted by Crippen LogP contribution is 2.38. The van der Waals surface area contributed by atoms with Gasteiger partial charge in [0.25, 0.3) is 0 Å². The Labute approximate surface area is 196 Å². The van der Waals surface area contributed by atoms with E-state index in [1.807, 2.05) is 12.1 Å². The van der Waals surface area contributed by atoms with Crippen molar-refractivity contribution in [3.8, 4) is 17.5 Å². The number of carbonyl (C=O) groups excluding carboxylic acids is 1. The molecular formula is C23H23ClN6OS. The van der Waals surface area contributed by atoms with Gasteiger partial charge in [0.15, 0.2) is 11.0 Å². The van der Waals surface area contributed by atoms with E-state index in [-0.39, 0.29) is 17.7 Å². The molecule has 1 aliphatic carbocycles. The Balaban J connectivity index is 1.56. The fourth-order valence-electron chi connectivity index (χ4n) is 4.08. The van der Waals surface area contributed by atoms with E-state index in [1.165, 1.54) is 18.2 Å². The summed E-state index contributed by atoms with van der Waals surface area (Å²) in [6.45, 7) is 2.26. The van der Waals surface area contributed by atoms with Gasteiger partial charge in [-0.2, -0.15) is 5.26 Å². The molecular weight excluding hydrogens is 444 g/mol. The molecule has 1 amide bonds. The van der Waals surface area contributed by atoms with E-state index in [9.17, 15) is 10.1 Å². The topological polar surface area (TPSA) is 96.5 Å². The first-order valence-corrected chi connectivity index (χ1v) is 11.9. The van der Waals surface area contributed by atoms with Crippen LogP contribution in [0.4, 0.5) is 5.69 Å². The summed E-state index contributed by atoms with van der Waals surface area (Å²) in [5, 5.41) is 22.1. The van der Waals surface area contributed by atoms with Gasteiger partial charge >= 0.3 is 0 Å². The lowest BCUT2D eigenvalue weighted by Crippen LogP contribution is -2.23. The fourth-order valence-corrected chi connectivity index (χ4v) is 5.04. The van der Waals surface area contributed by atoms with E-state index in [2.05, 4.69) is 38.1 Å². The number of anilines is 1. The molecule has 1 aromatic carbocycles. The van der Waals surface area contributed by atoms with E-state index in [1.54, 1.807) is 30.6 Å². The fraction of sp³-hybridized carbons (Fsp3) is 0.348. The van der Waals surface area contributed by atoms with Crippen LogP contribution in [0.1, 0.15) is 44.2 Å². The number of hydrogen-bond donors (Lipinski definition) is 1. The number of carbonyl (C=O) groups is 1. The van der Waals surface area contributed by atoms with Crippen LogP contribution >= 0.6 is 23.4 Å². The Morgan fingerprint density at radius 3 is 2.91 bits per heavy atom. The predicted octanol–water partition coefficient (Wildman–Crippen LogP) is 5.35. The summed E-state index contributed by atoms with van der Waals surface area (Å²) in [6, 6.07) is 11.0. The maximum Gasteiger partial charge on any atom is 0.234 e. The van der Waals surface area contributed by atoms with Crippen molar-refractivity contribution in [3.63, 3.8) is 0 Å². The first kappa shape index (κ1) is 22.3. The molecule has 7 nitrogen and oxygen atoms in total. The minimum atomic E-state index is -0.233. The summed E-state index contributed by atoms with van der Waals surface area (Å²) in [7, 11) is 0. The second-order valence-corrected chi connectivity index (χ2v) is 9.26. The minimum absolute atomic E-state index is 0.143. The van der Waals surface area contributed by atoms with Crippen molar-refractivity contribution in [2.24, 2.45) is 5.92 Å². The highest BCUT2D eigenvalue weighted by atomic mass is 35.5. The number of aromatic nitrogens is 4. The van der Waals surface area contributed by atoms with E-state index in [0.29, 0.717) is 27.3 Å². The number of rotatable bonds is 6. The van der Waals surface area contributed by atoms with Gasteiger partial charge in [0, 0.05) is 29.0 Å². The number of nitrogens with one attached hydrogen (secondary N) is 1. The van der Waals surface area contributed by atoms with Crippen LogP contribution in [0, 0.1) is 17.2 Å². The van der Waals surface area contributed by atoms with Gasteiger partial charge in [-0.15, -0.1) is 10.2 Å². The first-order chi connectivity index (χ1) is 15.6. The summed E-state index contributed by atoms with van der Waals surface area (Å²) in [5.41, 5.74) is 1.68. The largest absolute Gasteiger partial charge is 0.324 e. The normalized spacial score (nSPS) is 18.2. The molecule has 2 aromatic heterocycles. The summed E-state index contributed by atoms with van der Waals surface area (Å²) in [6.07, 6.45) is 8.13. The molecule has 1 N–H and O–H groups in total. The molecule has 0 bridgehead atoms. The molecule has 32 heavy (non-hydrogen) atoms. The molecule has 1 fully saturated rings. The Hall–Kier alpha value is -2.89. The van der Waals surface area contributed by atoms with E-state index in [0.717, 1.165) is 30.7 Å². The van der Waals surface area contributed by atoms with Gasteiger partial charge in [0.1, 0.15) is 6.07 Å². The van der Waals surface area contributed by atoms with Gasteiger partial charge in [0.2, 0.25) is 5.91 Å². The van der Waals surface area contributed by atoms with Crippen LogP contribution in [0.15, 0.2) is 47.9 Å². The Morgan fingerprint density at radius 2 is 2.16 bits per heavy atom. The Kier molecular flexibility index (Phi) is 7.08. The lowest BCUT2D eigenvalue weighted by Gasteiger charge is -2.31. The van der Waals surface area contributed by atoms with Gasteiger partial charge in [-0.3, -0.25) is 14.3 Å². The third-order valence-corrected chi connectivity index (χ3v) is 6.87. The quantitative estimate of drug-likeness (QED) is 0.492. The van der Waals surface area contributed by atoms with Gasteiger partial charge in [-0.25, -0.2) is 0 Å². The number of halogens is 1. The number of hydrogen-bond acceptors (Lipinski definition) is 6. The molecule has 1 saturated carbocycles. The molecule has 2 atom stereocenters. The van der Waals surface area contributed by atoms with E-state index >= 15 is 0 Å². The van der Waals surface area contributed by atoms with Crippen LogP contribution in [-0.4, -0.2) is 31.4 Å². The van der Waals surface area contributed by atoms with Crippen molar-refractivity contribution in [1.82, 2.24) is 19.7 Å². The molecule has 4 rings (SSSR count).